The van der Waals surface area contributed by atoms with Crippen LogP contribution in [0.1, 0.15) is 348 Å². The molecule has 5 N–H and O–H groups in total. The summed E-state index contributed by atoms with van der Waals surface area (Å²) in [6.45, 7) is 4.09. The van der Waals surface area contributed by atoms with Gasteiger partial charge in [0.25, 0.3) is 0 Å². The van der Waals surface area contributed by atoms with Crippen LogP contribution >= 0.6 is 0 Å². The zero-order valence-electron chi connectivity index (χ0n) is 48.4. The Hall–Kier alpha value is -1.47. The average Bonchev–Trinajstić information content (AvgIpc) is 3.39. The Balaban J connectivity index is 3.61. The molecular formula is C66H127NO5. The van der Waals surface area contributed by atoms with Crippen molar-refractivity contribution in [3.8, 4) is 0 Å². The van der Waals surface area contributed by atoms with Gasteiger partial charge in [-0.05, 0) is 70.6 Å². The summed E-state index contributed by atoms with van der Waals surface area (Å²) in [4.78, 5) is 12.6. The van der Waals surface area contributed by atoms with E-state index in [-0.39, 0.29) is 0 Å². The molecule has 0 fully saturated rings. The van der Waals surface area contributed by atoms with Crippen molar-refractivity contribution in [3.63, 3.8) is 0 Å². The molecule has 0 aliphatic rings. The molecule has 0 aromatic carbocycles. The molecule has 6 heteroatoms. The fraction of sp³-hybridized carbons (Fsp3) is 0.894. The molecular weight excluding hydrogens is 887 g/mol. The highest BCUT2D eigenvalue weighted by atomic mass is 16.3. The topological polar surface area (TPSA) is 110 Å². The third-order valence-electron chi connectivity index (χ3n) is 15.3. The fourth-order valence-corrected chi connectivity index (χ4v) is 10.3. The summed E-state index contributed by atoms with van der Waals surface area (Å²) in [5.74, 6) is -0.592. The van der Waals surface area contributed by atoms with Gasteiger partial charge in [-0.1, -0.05) is 314 Å². The van der Waals surface area contributed by atoms with Crippen molar-refractivity contribution in [1.29, 1.82) is 0 Å². The number of allylic oxidation sites excluding steroid dienone is 6. The van der Waals surface area contributed by atoms with E-state index in [0.717, 1.165) is 44.9 Å². The maximum atomic E-state index is 12.6. The lowest BCUT2D eigenvalue weighted by molar-refractivity contribution is -0.132. The van der Waals surface area contributed by atoms with Gasteiger partial charge in [-0.3, -0.25) is 4.79 Å². The van der Waals surface area contributed by atoms with E-state index in [2.05, 4.69) is 55.6 Å². The molecule has 0 rings (SSSR count). The van der Waals surface area contributed by atoms with Crippen molar-refractivity contribution in [2.45, 2.75) is 372 Å². The number of nitrogens with one attached hydrogen (secondary N) is 1. The van der Waals surface area contributed by atoms with Gasteiger partial charge in [0.1, 0.15) is 12.2 Å². The third-order valence-corrected chi connectivity index (χ3v) is 15.3. The van der Waals surface area contributed by atoms with Crippen LogP contribution in [0, 0.1) is 0 Å². The van der Waals surface area contributed by atoms with Crippen LogP contribution in [-0.4, -0.2) is 57.3 Å². The summed E-state index contributed by atoms with van der Waals surface area (Å²) >= 11 is 0. The SMILES string of the molecule is CCCCCCCCCCC/C=C\C/C=C\CCCCCCCCCCCCC(O)C(=O)NC(CO)C(O)C(O)CCC/C=C/CCCCCCCCCCCCCCCCCCCCCCCCCCC. The van der Waals surface area contributed by atoms with Crippen LogP contribution in [0.2, 0.25) is 0 Å². The molecule has 0 aliphatic heterocycles. The van der Waals surface area contributed by atoms with Crippen molar-refractivity contribution in [1.82, 2.24) is 5.32 Å². The van der Waals surface area contributed by atoms with Crippen LogP contribution in [0.15, 0.2) is 36.5 Å². The average molecular weight is 1010 g/mol. The summed E-state index contributed by atoms with van der Waals surface area (Å²) in [5.41, 5.74) is 0. The lowest BCUT2D eigenvalue weighted by Crippen LogP contribution is -2.53. The highest BCUT2D eigenvalue weighted by Crippen LogP contribution is 2.18. The lowest BCUT2D eigenvalue weighted by Gasteiger charge is -2.27. The Labute approximate surface area is 449 Å². The first-order chi connectivity index (χ1) is 35.5. The minimum atomic E-state index is -1.29. The van der Waals surface area contributed by atoms with Gasteiger partial charge in [0, 0.05) is 0 Å². The molecule has 0 aliphatic carbocycles. The molecule has 72 heavy (non-hydrogen) atoms. The standard InChI is InChI=1S/C66H127NO5/c1-3-5-7-9-11-13-15-17-19-21-23-25-27-29-31-32-33-34-36-37-39-41-43-45-47-49-51-53-55-57-59-63(69)65(71)62(61-68)67-66(72)64(70)60-58-56-54-52-50-48-46-44-42-40-38-35-30-28-26-24-22-20-18-16-14-12-10-8-6-4-2/h24,26,30,35,51,53,62-65,68-71H,3-23,25,27-29,31-34,36-50,52,54-61H2,1-2H3,(H,67,72)/b26-24-,35-30-,53-51+. The molecule has 426 valence electrons. The Morgan fingerprint density at radius 2 is 0.611 bits per heavy atom. The van der Waals surface area contributed by atoms with Crippen molar-refractivity contribution in [3.05, 3.63) is 36.5 Å². The van der Waals surface area contributed by atoms with E-state index in [1.165, 1.54) is 276 Å². The molecule has 0 spiro atoms. The van der Waals surface area contributed by atoms with Crippen molar-refractivity contribution in [2.24, 2.45) is 0 Å². The quantitative estimate of drug-likeness (QED) is 0.0308. The van der Waals surface area contributed by atoms with Gasteiger partial charge in [0.2, 0.25) is 5.91 Å². The smallest absolute Gasteiger partial charge is 0.249 e. The molecule has 0 saturated heterocycles. The van der Waals surface area contributed by atoms with Gasteiger partial charge in [-0.2, -0.15) is 0 Å². The molecule has 4 atom stereocenters. The zero-order valence-corrected chi connectivity index (χ0v) is 48.4. The molecule has 0 aromatic heterocycles. The number of hydrogen-bond donors (Lipinski definition) is 5. The summed E-state index contributed by atoms with van der Waals surface area (Å²) in [5, 5.41) is 44.1. The second kappa shape index (κ2) is 60.4. The van der Waals surface area contributed by atoms with Gasteiger partial charge in [0.15, 0.2) is 0 Å². The van der Waals surface area contributed by atoms with E-state index in [1.54, 1.807) is 0 Å². The number of carbonyl (C=O) groups excluding carboxylic acids is 1. The molecule has 0 radical (unpaired) electrons. The van der Waals surface area contributed by atoms with Crippen molar-refractivity contribution < 1.29 is 25.2 Å². The fourth-order valence-electron chi connectivity index (χ4n) is 10.3. The Morgan fingerprint density at radius 1 is 0.347 bits per heavy atom. The first kappa shape index (κ1) is 70.5. The molecule has 0 aromatic rings. The highest BCUT2D eigenvalue weighted by molar-refractivity contribution is 5.80. The molecule has 0 heterocycles. The van der Waals surface area contributed by atoms with Crippen LogP contribution in [0.5, 0.6) is 0 Å². The second-order valence-corrected chi connectivity index (χ2v) is 22.5. The van der Waals surface area contributed by atoms with Crippen LogP contribution in [-0.2, 0) is 4.79 Å². The normalized spacial score (nSPS) is 13.8. The molecule has 4 unspecified atom stereocenters. The Kier molecular flexibility index (Phi) is 59.2. The van der Waals surface area contributed by atoms with E-state index in [4.69, 9.17) is 0 Å². The predicted molar refractivity (Wildman–Crippen MR) is 316 cm³/mol. The largest absolute Gasteiger partial charge is 0.394 e. The Bertz CT molecular complexity index is 1140. The number of aliphatic hydroxyl groups is 4. The van der Waals surface area contributed by atoms with Gasteiger partial charge in [0.05, 0.1) is 18.8 Å². The molecule has 0 bridgehead atoms. The van der Waals surface area contributed by atoms with E-state index >= 15 is 0 Å². The highest BCUT2D eigenvalue weighted by Gasteiger charge is 2.28. The molecule has 1 amide bonds. The Morgan fingerprint density at radius 3 is 0.917 bits per heavy atom. The van der Waals surface area contributed by atoms with Crippen LogP contribution in [0.4, 0.5) is 0 Å². The van der Waals surface area contributed by atoms with E-state index in [9.17, 15) is 25.2 Å². The second-order valence-electron chi connectivity index (χ2n) is 22.5. The summed E-state index contributed by atoms with van der Waals surface area (Å²) < 4.78 is 0. The van der Waals surface area contributed by atoms with E-state index in [1.807, 2.05) is 0 Å². The first-order valence-corrected chi connectivity index (χ1v) is 32.4. The van der Waals surface area contributed by atoms with Crippen molar-refractivity contribution >= 4 is 5.91 Å². The van der Waals surface area contributed by atoms with Gasteiger partial charge < -0.3 is 25.7 Å². The number of rotatable bonds is 60. The maximum Gasteiger partial charge on any atom is 0.249 e. The number of amides is 1. The number of aliphatic hydroxyl groups excluding tert-OH is 4. The van der Waals surface area contributed by atoms with Gasteiger partial charge >= 0.3 is 0 Å². The van der Waals surface area contributed by atoms with Crippen LogP contribution < -0.4 is 5.32 Å². The zero-order chi connectivity index (χ0) is 52.3. The summed E-state index contributed by atoms with van der Waals surface area (Å²) in [7, 11) is 0. The minimum absolute atomic E-state index is 0.360. The minimum Gasteiger partial charge on any atom is -0.394 e. The van der Waals surface area contributed by atoms with Gasteiger partial charge in [-0.15, -0.1) is 0 Å². The number of hydrogen-bond acceptors (Lipinski definition) is 5. The van der Waals surface area contributed by atoms with E-state index < -0.39 is 36.9 Å². The molecule has 6 nitrogen and oxygen atoms in total. The van der Waals surface area contributed by atoms with Crippen LogP contribution in [0.25, 0.3) is 0 Å². The number of unbranched alkanes of at least 4 members (excludes halogenated alkanes) is 45. The number of carbonyl (C=O) groups is 1. The molecule has 0 saturated carbocycles. The third kappa shape index (κ3) is 53.4. The predicted octanol–water partition coefficient (Wildman–Crippen LogP) is 19.5. The monoisotopic (exact) mass is 1010 g/mol. The van der Waals surface area contributed by atoms with Crippen LogP contribution in [0.3, 0.4) is 0 Å². The van der Waals surface area contributed by atoms with Crippen molar-refractivity contribution in [2.75, 3.05) is 6.61 Å². The van der Waals surface area contributed by atoms with Gasteiger partial charge in [-0.25, -0.2) is 0 Å². The lowest BCUT2D eigenvalue weighted by atomic mass is 10.00. The summed E-state index contributed by atoms with van der Waals surface area (Å²) in [6, 6.07) is -1.01. The maximum absolute atomic E-state index is 12.6. The first-order valence-electron chi connectivity index (χ1n) is 32.4. The van der Waals surface area contributed by atoms with E-state index in [0.29, 0.717) is 12.8 Å². The summed E-state index contributed by atoms with van der Waals surface area (Å²) in [6.07, 6.45) is 76.8.